The van der Waals surface area contributed by atoms with E-state index in [-0.39, 0.29) is 0 Å². The lowest BCUT2D eigenvalue weighted by Crippen LogP contribution is -2.22. The average Bonchev–Trinajstić information content (AvgIpc) is 2.77. The molecule has 5 nitrogen and oxygen atoms in total. The van der Waals surface area contributed by atoms with Crippen LogP contribution in [0.15, 0.2) is 84.0 Å². The highest BCUT2D eigenvalue weighted by atomic mass is 15.5. The van der Waals surface area contributed by atoms with Gasteiger partial charge in [-0.15, -0.1) is 0 Å². The maximum atomic E-state index is 5.79. The quantitative estimate of drug-likeness (QED) is 0.332. The molecule has 0 saturated heterocycles. The van der Waals surface area contributed by atoms with E-state index >= 15 is 0 Å². The molecular weight excluding hydrogens is 346 g/mol. The third-order valence-corrected chi connectivity index (χ3v) is 4.63. The van der Waals surface area contributed by atoms with E-state index in [1.54, 1.807) is 0 Å². The maximum absolute atomic E-state index is 5.79. The highest BCUT2D eigenvalue weighted by molar-refractivity contribution is 5.90. The molecule has 0 aliphatic carbocycles. The van der Waals surface area contributed by atoms with Crippen molar-refractivity contribution in [3.8, 4) is 0 Å². The zero-order chi connectivity index (χ0) is 19.8. The Kier molecular flexibility index (Phi) is 6.65. The van der Waals surface area contributed by atoms with Crippen molar-refractivity contribution in [2.24, 2.45) is 10.9 Å². The van der Waals surface area contributed by atoms with Gasteiger partial charge in [-0.3, -0.25) is 5.84 Å². The smallest absolute Gasteiger partial charge is 0.0652 e. The Labute approximate surface area is 167 Å². The monoisotopic (exact) mass is 373 g/mol. The van der Waals surface area contributed by atoms with Crippen molar-refractivity contribution in [1.82, 2.24) is 0 Å². The number of anilines is 4. The number of hydrazine groups is 1. The van der Waals surface area contributed by atoms with E-state index in [2.05, 4.69) is 36.3 Å². The standard InChI is InChI=1S/C23H27N5/c1-3-27(4-2)22-16-15-19(23(17-22)26-24)18-25-28(20-11-7-5-8-12-20)21-13-9-6-10-14-21/h5-18,26H,3-4,24H2,1-2H3. The number of nitrogen functional groups attached to an aromatic ring is 1. The van der Waals surface area contributed by atoms with Gasteiger partial charge in [0.15, 0.2) is 0 Å². The first-order chi connectivity index (χ1) is 13.8. The second-order valence-electron chi connectivity index (χ2n) is 6.32. The molecular formula is C23H27N5. The summed E-state index contributed by atoms with van der Waals surface area (Å²) in [5.74, 6) is 5.79. The van der Waals surface area contributed by atoms with Crippen molar-refractivity contribution in [2.45, 2.75) is 13.8 Å². The minimum absolute atomic E-state index is 0.842. The van der Waals surface area contributed by atoms with Crippen LogP contribution in [0.2, 0.25) is 0 Å². The second-order valence-corrected chi connectivity index (χ2v) is 6.32. The number of benzene rings is 3. The third-order valence-electron chi connectivity index (χ3n) is 4.63. The number of rotatable bonds is 8. The molecule has 0 aliphatic heterocycles. The molecule has 3 aromatic rings. The Morgan fingerprint density at radius 1 is 0.821 bits per heavy atom. The molecule has 3 rings (SSSR count). The number of hydrazone groups is 1. The normalized spacial score (nSPS) is 10.8. The Morgan fingerprint density at radius 3 is 1.89 bits per heavy atom. The van der Waals surface area contributed by atoms with Gasteiger partial charge in [0.1, 0.15) is 0 Å². The SMILES string of the molecule is CCN(CC)c1ccc(C=NN(c2ccccc2)c2ccccc2)c(NN)c1. The molecule has 0 fully saturated rings. The largest absolute Gasteiger partial charge is 0.372 e. The van der Waals surface area contributed by atoms with Gasteiger partial charge in [0.25, 0.3) is 0 Å². The topological polar surface area (TPSA) is 56.9 Å². The number of nitrogens with one attached hydrogen (secondary N) is 1. The third kappa shape index (κ3) is 4.50. The molecule has 0 amide bonds. The predicted molar refractivity (Wildman–Crippen MR) is 120 cm³/mol. The van der Waals surface area contributed by atoms with Crippen LogP contribution >= 0.6 is 0 Å². The molecule has 5 heteroatoms. The van der Waals surface area contributed by atoms with Crippen LogP contribution in [0.4, 0.5) is 22.7 Å². The molecule has 0 aromatic heterocycles. The van der Waals surface area contributed by atoms with Gasteiger partial charge in [0.05, 0.1) is 23.3 Å². The van der Waals surface area contributed by atoms with Gasteiger partial charge < -0.3 is 10.3 Å². The summed E-state index contributed by atoms with van der Waals surface area (Å²) in [6.45, 7) is 6.19. The summed E-state index contributed by atoms with van der Waals surface area (Å²) in [5, 5.41) is 6.67. The van der Waals surface area contributed by atoms with E-state index in [0.29, 0.717) is 0 Å². The molecule has 0 atom stereocenters. The van der Waals surface area contributed by atoms with Crippen LogP contribution in [0.3, 0.4) is 0 Å². The minimum Gasteiger partial charge on any atom is -0.372 e. The van der Waals surface area contributed by atoms with E-state index in [4.69, 9.17) is 10.9 Å². The number of para-hydroxylation sites is 2. The van der Waals surface area contributed by atoms with E-state index in [0.717, 1.165) is 41.4 Å². The molecule has 3 N–H and O–H groups in total. The van der Waals surface area contributed by atoms with Crippen LogP contribution in [0.25, 0.3) is 0 Å². The number of nitrogens with zero attached hydrogens (tertiary/aromatic N) is 3. The first-order valence-corrected chi connectivity index (χ1v) is 9.56. The lowest BCUT2D eigenvalue weighted by molar-refractivity contribution is 0.866. The summed E-state index contributed by atoms with van der Waals surface area (Å²) >= 11 is 0. The molecule has 0 radical (unpaired) electrons. The predicted octanol–water partition coefficient (Wildman–Crippen LogP) is 4.99. The van der Waals surface area contributed by atoms with Crippen LogP contribution in [0.5, 0.6) is 0 Å². The highest BCUT2D eigenvalue weighted by Crippen LogP contribution is 2.26. The molecule has 28 heavy (non-hydrogen) atoms. The fraction of sp³-hybridized carbons (Fsp3) is 0.174. The summed E-state index contributed by atoms with van der Waals surface area (Å²) in [7, 11) is 0. The van der Waals surface area contributed by atoms with Gasteiger partial charge in [0.2, 0.25) is 0 Å². The van der Waals surface area contributed by atoms with E-state index < -0.39 is 0 Å². The molecule has 0 unspecified atom stereocenters. The second kappa shape index (κ2) is 9.58. The van der Waals surface area contributed by atoms with E-state index in [1.165, 1.54) is 0 Å². The molecule has 0 saturated carbocycles. The van der Waals surface area contributed by atoms with Gasteiger partial charge in [-0.2, -0.15) is 5.10 Å². The highest BCUT2D eigenvalue weighted by Gasteiger charge is 2.09. The fourth-order valence-electron chi connectivity index (χ4n) is 3.11. The van der Waals surface area contributed by atoms with E-state index in [1.807, 2.05) is 78.0 Å². The Hall–Kier alpha value is -3.31. The van der Waals surface area contributed by atoms with Crippen molar-refractivity contribution >= 4 is 29.0 Å². The van der Waals surface area contributed by atoms with Crippen molar-refractivity contribution in [3.63, 3.8) is 0 Å². The summed E-state index contributed by atoms with van der Waals surface area (Å²) in [4.78, 5) is 2.28. The van der Waals surface area contributed by atoms with Crippen molar-refractivity contribution in [2.75, 3.05) is 28.4 Å². The molecule has 0 heterocycles. The van der Waals surface area contributed by atoms with Crippen molar-refractivity contribution < 1.29 is 0 Å². The van der Waals surface area contributed by atoms with Crippen LogP contribution < -0.4 is 21.2 Å². The maximum Gasteiger partial charge on any atom is 0.0652 e. The number of nitrogens with two attached hydrogens (primary N) is 1. The van der Waals surface area contributed by atoms with E-state index in [9.17, 15) is 0 Å². The first-order valence-electron chi connectivity index (χ1n) is 9.56. The average molecular weight is 374 g/mol. The van der Waals surface area contributed by atoms with Gasteiger partial charge in [0, 0.05) is 24.3 Å². The Morgan fingerprint density at radius 2 is 1.39 bits per heavy atom. The van der Waals surface area contributed by atoms with Crippen LogP contribution in [-0.4, -0.2) is 19.3 Å². The lowest BCUT2D eigenvalue weighted by atomic mass is 10.1. The molecule has 3 aromatic carbocycles. The van der Waals surface area contributed by atoms with Crippen molar-refractivity contribution in [1.29, 1.82) is 0 Å². The molecule has 0 spiro atoms. The zero-order valence-corrected chi connectivity index (χ0v) is 16.4. The summed E-state index contributed by atoms with van der Waals surface area (Å²) in [5.41, 5.74) is 7.70. The van der Waals surface area contributed by atoms with Crippen LogP contribution in [-0.2, 0) is 0 Å². The summed E-state index contributed by atoms with van der Waals surface area (Å²) in [6.07, 6.45) is 1.83. The fourth-order valence-corrected chi connectivity index (χ4v) is 3.11. The van der Waals surface area contributed by atoms with Gasteiger partial charge in [-0.05, 0) is 56.3 Å². The van der Waals surface area contributed by atoms with Gasteiger partial charge >= 0.3 is 0 Å². The Balaban J connectivity index is 1.95. The van der Waals surface area contributed by atoms with Gasteiger partial charge in [-0.25, -0.2) is 5.01 Å². The minimum atomic E-state index is 0.842. The molecule has 0 aliphatic rings. The summed E-state index contributed by atoms with van der Waals surface area (Å²) < 4.78 is 0. The summed E-state index contributed by atoms with van der Waals surface area (Å²) in [6, 6.07) is 26.4. The molecule has 144 valence electrons. The zero-order valence-electron chi connectivity index (χ0n) is 16.4. The van der Waals surface area contributed by atoms with Crippen LogP contribution in [0, 0.1) is 0 Å². The first kappa shape index (κ1) is 19.5. The molecule has 0 bridgehead atoms. The Bertz CT molecular complexity index is 850. The van der Waals surface area contributed by atoms with Crippen LogP contribution in [0.1, 0.15) is 19.4 Å². The van der Waals surface area contributed by atoms with Gasteiger partial charge in [-0.1, -0.05) is 36.4 Å². The lowest BCUT2D eigenvalue weighted by Gasteiger charge is -2.22. The van der Waals surface area contributed by atoms with Crippen molar-refractivity contribution in [3.05, 3.63) is 84.4 Å². The number of hydrogen-bond donors (Lipinski definition) is 2. The number of hydrogen-bond acceptors (Lipinski definition) is 5.